The summed E-state index contributed by atoms with van der Waals surface area (Å²) in [5.41, 5.74) is 2.29. The van der Waals surface area contributed by atoms with Crippen LogP contribution in [-0.4, -0.2) is 0 Å². The van der Waals surface area contributed by atoms with Crippen LogP contribution in [0.2, 0.25) is 0 Å². The molecule has 2 aromatic carbocycles. The van der Waals surface area contributed by atoms with Gasteiger partial charge in [-0.3, -0.25) is 0 Å². The number of nitriles is 1. The molecule has 0 aliphatic carbocycles. The molecule has 2 aromatic rings. The quantitative estimate of drug-likeness (QED) is 0.729. The lowest BCUT2D eigenvalue weighted by Crippen LogP contribution is -1.90. The van der Waals surface area contributed by atoms with Gasteiger partial charge in [-0.15, -0.1) is 11.8 Å². The predicted octanol–water partition coefficient (Wildman–Crippen LogP) is 5.11. The average Bonchev–Trinajstić information content (AvgIpc) is 2.46. The smallest absolute Gasteiger partial charge is 0.128 e. The van der Waals surface area contributed by atoms with Crippen molar-refractivity contribution in [3.63, 3.8) is 0 Å². The van der Waals surface area contributed by atoms with Gasteiger partial charge in [0.05, 0.1) is 11.6 Å². The van der Waals surface area contributed by atoms with Crippen molar-refractivity contribution in [2.45, 2.75) is 30.4 Å². The van der Waals surface area contributed by atoms with Crippen LogP contribution in [0.15, 0.2) is 47.4 Å². The van der Waals surface area contributed by atoms with E-state index in [-0.39, 0.29) is 5.82 Å². The average molecular weight is 285 g/mol. The van der Waals surface area contributed by atoms with E-state index in [1.165, 1.54) is 11.6 Å². The number of halogens is 1. The van der Waals surface area contributed by atoms with Gasteiger partial charge in [0.15, 0.2) is 0 Å². The summed E-state index contributed by atoms with van der Waals surface area (Å²) in [5.74, 6) is 0.777. The Kier molecular flexibility index (Phi) is 4.81. The molecule has 3 heteroatoms. The van der Waals surface area contributed by atoms with Crippen LogP contribution in [0, 0.1) is 17.1 Å². The minimum absolute atomic E-state index is 0.310. The first-order valence-electron chi connectivity index (χ1n) is 6.51. The van der Waals surface area contributed by atoms with Crippen molar-refractivity contribution >= 4 is 11.8 Å². The molecular formula is C17H16FNS. The van der Waals surface area contributed by atoms with Crippen LogP contribution in [-0.2, 0) is 5.75 Å². The molecule has 0 radical (unpaired) electrons. The van der Waals surface area contributed by atoms with Crippen molar-refractivity contribution < 1.29 is 4.39 Å². The molecular weight excluding hydrogens is 269 g/mol. The first kappa shape index (κ1) is 14.6. The molecule has 0 saturated carbocycles. The Hall–Kier alpha value is -1.79. The topological polar surface area (TPSA) is 23.8 Å². The Balaban J connectivity index is 2.03. The molecule has 0 aromatic heterocycles. The Morgan fingerprint density at radius 1 is 1.15 bits per heavy atom. The summed E-state index contributed by atoms with van der Waals surface area (Å²) in [6.07, 6.45) is 0. The minimum Gasteiger partial charge on any atom is -0.207 e. The van der Waals surface area contributed by atoms with E-state index in [2.05, 4.69) is 38.1 Å². The number of rotatable bonds is 4. The summed E-state index contributed by atoms with van der Waals surface area (Å²) in [6.45, 7) is 4.32. The van der Waals surface area contributed by atoms with Crippen molar-refractivity contribution in [2.24, 2.45) is 0 Å². The van der Waals surface area contributed by atoms with Crippen molar-refractivity contribution in [1.82, 2.24) is 0 Å². The second kappa shape index (κ2) is 6.58. The first-order valence-corrected chi connectivity index (χ1v) is 7.50. The van der Waals surface area contributed by atoms with E-state index >= 15 is 0 Å². The molecule has 0 heterocycles. The number of hydrogen-bond donors (Lipinski definition) is 0. The normalized spacial score (nSPS) is 10.6. The van der Waals surface area contributed by atoms with Crippen molar-refractivity contribution in [3.8, 4) is 6.07 Å². The number of nitrogens with zero attached hydrogens (tertiary/aromatic N) is 1. The highest BCUT2D eigenvalue weighted by Gasteiger charge is 2.05. The largest absolute Gasteiger partial charge is 0.207 e. The maximum Gasteiger partial charge on any atom is 0.128 e. The summed E-state index contributed by atoms with van der Waals surface area (Å²) in [5, 5.41) is 8.71. The predicted molar refractivity (Wildman–Crippen MR) is 81.2 cm³/mol. The molecule has 0 saturated heterocycles. The zero-order valence-electron chi connectivity index (χ0n) is 11.6. The summed E-state index contributed by atoms with van der Waals surface area (Å²) >= 11 is 1.60. The van der Waals surface area contributed by atoms with E-state index in [4.69, 9.17) is 5.26 Å². The Morgan fingerprint density at radius 3 is 2.40 bits per heavy atom. The maximum absolute atomic E-state index is 13.7. The zero-order valence-corrected chi connectivity index (χ0v) is 12.4. The van der Waals surface area contributed by atoms with E-state index in [0.29, 0.717) is 22.8 Å². The van der Waals surface area contributed by atoms with E-state index in [1.54, 1.807) is 23.9 Å². The van der Waals surface area contributed by atoms with Crippen molar-refractivity contribution in [1.29, 1.82) is 5.26 Å². The van der Waals surface area contributed by atoms with Crippen LogP contribution >= 0.6 is 11.8 Å². The lowest BCUT2D eigenvalue weighted by Gasteiger charge is -2.07. The molecule has 0 atom stereocenters. The lowest BCUT2D eigenvalue weighted by atomic mass is 10.0. The fourth-order valence-corrected chi connectivity index (χ4v) is 2.73. The van der Waals surface area contributed by atoms with Gasteiger partial charge in [-0.25, -0.2) is 4.39 Å². The molecule has 0 aliphatic heterocycles. The molecule has 0 aliphatic rings. The van der Waals surface area contributed by atoms with Gasteiger partial charge in [-0.2, -0.15) is 5.26 Å². The summed E-state index contributed by atoms with van der Waals surface area (Å²) < 4.78 is 13.7. The van der Waals surface area contributed by atoms with E-state index in [1.807, 2.05) is 6.07 Å². The van der Waals surface area contributed by atoms with Gasteiger partial charge in [0, 0.05) is 10.6 Å². The van der Waals surface area contributed by atoms with Crippen LogP contribution in [0.5, 0.6) is 0 Å². The van der Waals surface area contributed by atoms with Gasteiger partial charge in [0.2, 0.25) is 0 Å². The van der Waals surface area contributed by atoms with Crippen LogP contribution in [0.1, 0.15) is 36.5 Å². The number of hydrogen-bond acceptors (Lipinski definition) is 2. The van der Waals surface area contributed by atoms with Crippen molar-refractivity contribution in [3.05, 3.63) is 65.0 Å². The highest BCUT2D eigenvalue weighted by molar-refractivity contribution is 7.98. The summed E-state index contributed by atoms with van der Waals surface area (Å²) in [4.78, 5) is 1.12. The SMILES string of the molecule is CC(C)c1ccc(SCc2ccc(C#N)cc2F)cc1. The Morgan fingerprint density at radius 2 is 1.85 bits per heavy atom. The summed E-state index contributed by atoms with van der Waals surface area (Å²) in [6, 6.07) is 14.9. The lowest BCUT2D eigenvalue weighted by molar-refractivity contribution is 0.617. The van der Waals surface area contributed by atoms with E-state index in [0.717, 1.165) is 4.90 Å². The summed E-state index contributed by atoms with van der Waals surface area (Å²) in [7, 11) is 0. The third-order valence-corrected chi connectivity index (χ3v) is 4.18. The standard InChI is InChI=1S/C17H16FNS/c1-12(2)14-5-7-16(8-6-14)20-11-15-4-3-13(10-19)9-17(15)18/h3-9,12H,11H2,1-2H3. The molecule has 0 fully saturated rings. The van der Waals surface area contributed by atoms with Crippen LogP contribution in [0.25, 0.3) is 0 Å². The molecule has 20 heavy (non-hydrogen) atoms. The first-order chi connectivity index (χ1) is 9.60. The van der Waals surface area contributed by atoms with Gasteiger partial charge in [-0.1, -0.05) is 32.0 Å². The monoisotopic (exact) mass is 285 g/mol. The molecule has 102 valence electrons. The molecule has 0 bridgehead atoms. The van der Waals surface area contributed by atoms with Crippen molar-refractivity contribution in [2.75, 3.05) is 0 Å². The molecule has 0 unspecified atom stereocenters. The number of thioether (sulfide) groups is 1. The van der Waals surface area contributed by atoms with Gasteiger partial charge in [0.25, 0.3) is 0 Å². The molecule has 0 spiro atoms. The molecule has 2 rings (SSSR count). The van der Waals surface area contributed by atoms with Gasteiger partial charge in [0.1, 0.15) is 5.82 Å². The maximum atomic E-state index is 13.7. The Bertz CT molecular complexity index is 626. The fraction of sp³-hybridized carbons (Fsp3) is 0.235. The highest BCUT2D eigenvalue weighted by atomic mass is 32.2. The van der Waals surface area contributed by atoms with Crippen LogP contribution < -0.4 is 0 Å². The second-order valence-electron chi connectivity index (χ2n) is 4.93. The molecule has 1 nitrogen and oxygen atoms in total. The molecule has 0 N–H and O–H groups in total. The third kappa shape index (κ3) is 3.61. The zero-order chi connectivity index (χ0) is 14.5. The third-order valence-electron chi connectivity index (χ3n) is 3.12. The highest BCUT2D eigenvalue weighted by Crippen LogP contribution is 2.26. The van der Waals surface area contributed by atoms with E-state index in [9.17, 15) is 4.39 Å². The van der Waals surface area contributed by atoms with Gasteiger partial charge >= 0.3 is 0 Å². The van der Waals surface area contributed by atoms with Crippen LogP contribution in [0.4, 0.5) is 4.39 Å². The molecule has 0 amide bonds. The van der Waals surface area contributed by atoms with Crippen LogP contribution in [0.3, 0.4) is 0 Å². The van der Waals surface area contributed by atoms with Gasteiger partial charge in [-0.05, 0) is 41.3 Å². The minimum atomic E-state index is -0.310. The Labute approximate surface area is 123 Å². The number of benzene rings is 2. The van der Waals surface area contributed by atoms with E-state index < -0.39 is 0 Å². The fourth-order valence-electron chi connectivity index (χ4n) is 1.84. The second-order valence-corrected chi connectivity index (χ2v) is 5.98. The van der Waals surface area contributed by atoms with Gasteiger partial charge < -0.3 is 0 Å².